The van der Waals surface area contributed by atoms with Crippen molar-refractivity contribution >= 4 is 0 Å². The Bertz CT molecular complexity index is 184. The Morgan fingerprint density at radius 1 is 1.16 bits per heavy atom. The average molecular weight is 271 g/mol. The van der Waals surface area contributed by atoms with E-state index in [9.17, 15) is 0 Å². The van der Waals surface area contributed by atoms with Gasteiger partial charge in [-0.1, -0.05) is 41.0 Å². The summed E-state index contributed by atoms with van der Waals surface area (Å²) in [6.07, 6.45) is 5.51. The van der Waals surface area contributed by atoms with Crippen LogP contribution in [0.1, 0.15) is 60.3 Å². The first-order valence-electron chi connectivity index (χ1n) is 8.54. The normalized spacial score (nSPS) is 19.1. The van der Waals surface area contributed by atoms with Gasteiger partial charge in [-0.15, -0.1) is 0 Å². The summed E-state index contributed by atoms with van der Waals surface area (Å²) in [5.74, 6) is 2.72. The molecule has 1 N–H and O–H groups in total. The molecule has 0 aliphatic carbocycles. The van der Waals surface area contributed by atoms with Crippen LogP contribution >= 0.6 is 0 Å². The predicted molar refractivity (Wildman–Crippen MR) is 87.7 cm³/mol. The summed E-state index contributed by atoms with van der Waals surface area (Å²) in [6.45, 7) is 16.2. The molecule has 0 aromatic carbocycles. The van der Waals surface area contributed by atoms with Crippen molar-refractivity contribution in [2.75, 3.05) is 33.2 Å². The highest BCUT2D eigenvalue weighted by Gasteiger charge is 2.21. The monoisotopic (exact) mass is 270 g/mol. The number of hydrogen-bond acceptors (Lipinski definition) is 2. The molecule has 19 heavy (non-hydrogen) atoms. The molecule has 1 heterocycles. The molecule has 1 aliphatic rings. The summed E-state index contributed by atoms with van der Waals surface area (Å²) in [5, 5.41) is 3.31. The highest BCUT2D eigenvalue weighted by atomic mass is 15.1. The van der Waals surface area contributed by atoms with Crippen LogP contribution in [0.5, 0.6) is 0 Å². The van der Waals surface area contributed by atoms with E-state index in [0.29, 0.717) is 0 Å². The van der Waals surface area contributed by atoms with E-state index in [-0.39, 0.29) is 0 Å². The van der Waals surface area contributed by atoms with Gasteiger partial charge in [-0.25, -0.2) is 0 Å². The second kappa shape index (κ2) is 11.7. The van der Waals surface area contributed by atoms with Gasteiger partial charge in [-0.05, 0) is 70.2 Å². The van der Waals surface area contributed by atoms with Gasteiger partial charge in [0.2, 0.25) is 0 Å². The molecule has 2 heteroatoms. The Morgan fingerprint density at radius 3 is 2.16 bits per heavy atom. The van der Waals surface area contributed by atoms with Gasteiger partial charge in [0.05, 0.1) is 0 Å². The Morgan fingerprint density at radius 2 is 1.74 bits per heavy atom. The topological polar surface area (TPSA) is 15.3 Å². The van der Waals surface area contributed by atoms with Crippen LogP contribution in [0, 0.1) is 17.8 Å². The molecule has 0 amide bonds. The number of nitrogens with one attached hydrogen (secondary N) is 1. The zero-order valence-corrected chi connectivity index (χ0v) is 14.3. The molecule has 116 valence electrons. The van der Waals surface area contributed by atoms with Gasteiger partial charge in [0.1, 0.15) is 0 Å². The zero-order valence-electron chi connectivity index (χ0n) is 14.3. The average Bonchev–Trinajstić information content (AvgIpc) is 2.46. The molecule has 0 radical (unpaired) electrons. The van der Waals surface area contributed by atoms with E-state index in [2.05, 4.69) is 38.0 Å². The van der Waals surface area contributed by atoms with Gasteiger partial charge in [0.25, 0.3) is 0 Å². The van der Waals surface area contributed by atoms with Gasteiger partial charge in [0, 0.05) is 0 Å². The molecular formula is C17H38N2. The molecule has 1 rings (SSSR count). The van der Waals surface area contributed by atoms with Gasteiger partial charge < -0.3 is 10.2 Å². The fourth-order valence-corrected chi connectivity index (χ4v) is 2.95. The lowest BCUT2D eigenvalue weighted by Gasteiger charge is -2.34. The van der Waals surface area contributed by atoms with E-state index in [4.69, 9.17) is 0 Å². The molecule has 2 nitrogen and oxygen atoms in total. The molecule has 0 aromatic rings. The Hall–Kier alpha value is -0.0800. The van der Waals surface area contributed by atoms with Crippen molar-refractivity contribution < 1.29 is 0 Å². The Labute approximate surface area is 122 Å². The maximum Gasteiger partial charge on any atom is -0.00156 e. The summed E-state index contributed by atoms with van der Waals surface area (Å²) < 4.78 is 0. The summed E-state index contributed by atoms with van der Waals surface area (Å²) in [4.78, 5) is 2.68. The summed E-state index contributed by atoms with van der Waals surface area (Å²) >= 11 is 0. The minimum Gasteiger partial charge on any atom is -0.319 e. The van der Waals surface area contributed by atoms with Crippen LogP contribution in [0.3, 0.4) is 0 Å². The Kier molecular flexibility index (Phi) is 11.7. The fourth-order valence-electron chi connectivity index (χ4n) is 2.95. The summed E-state index contributed by atoms with van der Waals surface area (Å²) in [5.41, 5.74) is 0. The van der Waals surface area contributed by atoms with E-state index < -0.39 is 0 Å². The molecule has 1 fully saturated rings. The molecule has 1 atom stereocenters. The number of likely N-dealkylation sites (tertiary alicyclic amines) is 1. The lowest BCUT2D eigenvalue weighted by molar-refractivity contribution is 0.149. The van der Waals surface area contributed by atoms with Crippen molar-refractivity contribution in [3.05, 3.63) is 0 Å². The van der Waals surface area contributed by atoms with E-state index in [1.54, 1.807) is 0 Å². The van der Waals surface area contributed by atoms with Gasteiger partial charge in [-0.2, -0.15) is 0 Å². The van der Waals surface area contributed by atoms with Crippen molar-refractivity contribution in [1.82, 2.24) is 10.2 Å². The quantitative estimate of drug-likeness (QED) is 0.752. The molecule has 0 saturated carbocycles. The second-order valence-electron chi connectivity index (χ2n) is 6.04. The van der Waals surface area contributed by atoms with E-state index in [1.807, 2.05) is 13.8 Å². The largest absolute Gasteiger partial charge is 0.319 e. The van der Waals surface area contributed by atoms with Crippen molar-refractivity contribution in [2.45, 2.75) is 60.3 Å². The van der Waals surface area contributed by atoms with Crippen LogP contribution < -0.4 is 5.32 Å². The van der Waals surface area contributed by atoms with E-state index in [1.165, 1.54) is 51.9 Å². The lowest BCUT2D eigenvalue weighted by Crippen LogP contribution is -2.37. The highest BCUT2D eigenvalue weighted by Crippen LogP contribution is 2.24. The molecule has 0 spiro atoms. The maximum atomic E-state index is 3.31. The van der Waals surface area contributed by atoms with E-state index >= 15 is 0 Å². The first-order chi connectivity index (χ1) is 9.17. The SMILES string of the molecule is CC.CC[C@@H](CCN1CCC(C(C)C)CC1)CNC. The second-order valence-corrected chi connectivity index (χ2v) is 6.04. The number of nitrogens with zero attached hydrogens (tertiary/aromatic N) is 1. The minimum absolute atomic E-state index is 0.864. The third-order valence-corrected chi connectivity index (χ3v) is 4.50. The summed E-state index contributed by atoms with van der Waals surface area (Å²) in [6, 6.07) is 0. The molecule has 0 aromatic heterocycles. The van der Waals surface area contributed by atoms with Crippen LogP contribution in [0.2, 0.25) is 0 Å². The van der Waals surface area contributed by atoms with Crippen LogP contribution in [0.25, 0.3) is 0 Å². The van der Waals surface area contributed by atoms with Crippen molar-refractivity contribution in [1.29, 1.82) is 0 Å². The number of hydrogen-bond donors (Lipinski definition) is 1. The van der Waals surface area contributed by atoms with Crippen LogP contribution in [0.15, 0.2) is 0 Å². The van der Waals surface area contributed by atoms with Crippen molar-refractivity contribution in [3.8, 4) is 0 Å². The lowest BCUT2D eigenvalue weighted by atomic mass is 9.86. The van der Waals surface area contributed by atoms with Crippen molar-refractivity contribution in [3.63, 3.8) is 0 Å². The van der Waals surface area contributed by atoms with E-state index in [0.717, 1.165) is 17.8 Å². The van der Waals surface area contributed by atoms with Gasteiger partial charge in [0.15, 0.2) is 0 Å². The first-order valence-corrected chi connectivity index (χ1v) is 8.54. The highest BCUT2D eigenvalue weighted by molar-refractivity contribution is 4.75. The molecule has 1 saturated heterocycles. The standard InChI is InChI=1S/C15H32N2.C2H6/c1-5-14(12-16-4)6-9-17-10-7-15(8-11-17)13(2)3;1-2/h13-16H,5-12H2,1-4H3;1-2H3/t14-;/m0./s1. The fraction of sp³-hybridized carbons (Fsp3) is 1.00. The van der Waals surface area contributed by atoms with Crippen LogP contribution in [0.4, 0.5) is 0 Å². The smallest absolute Gasteiger partial charge is 0.00156 e. The molecular weight excluding hydrogens is 232 g/mol. The third kappa shape index (κ3) is 7.94. The van der Waals surface area contributed by atoms with Crippen LogP contribution in [-0.4, -0.2) is 38.1 Å². The molecule has 0 bridgehead atoms. The predicted octanol–water partition coefficient (Wildman–Crippen LogP) is 4.02. The zero-order chi connectivity index (χ0) is 14.7. The Balaban J connectivity index is 0.00000154. The number of rotatable bonds is 7. The minimum atomic E-state index is 0.864. The first kappa shape index (κ1) is 18.9. The van der Waals surface area contributed by atoms with Gasteiger partial charge in [-0.3, -0.25) is 0 Å². The third-order valence-electron chi connectivity index (χ3n) is 4.50. The van der Waals surface area contributed by atoms with Crippen molar-refractivity contribution in [2.24, 2.45) is 17.8 Å². The van der Waals surface area contributed by atoms with Gasteiger partial charge >= 0.3 is 0 Å². The van der Waals surface area contributed by atoms with Crippen LogP contribution in [-0.2, 0) is 0 Å². The maximum absolute atomic E-state index is 3.31. The molecule has 1 aliphatic heterocycles. The molecule has 0 unspecified atom stereocenters. The summed E-state index contributed by atoms with van der Waals surface area (Å²) in [7, 11) is 2.07. The number of piperidine rings is 1.